The molecule has 0 aliphatic carbocycles. The number of carbonyl (C=O) groups is 1. The first-order chi connectivity index (χ1) is 19.4. The maximum absolute atomic E-state index is 13.5. The lowest BCUT2D eigenvalue weighted by atomic mass is 10.2. The fourth-order valence-corrected chi connectivity index (χ4v) is 4.62. The number of fused-ring (bicyclic) bond motifs is 1. The summed E-state index contributed by atoms with van der Waals surface area (Å²) in [4.78, 5) is 32.5. The lowest BCUT2D eigenvalue weighted by Crippen LogP contribution is -2.23. The van der Waals surface area contributed by atoms with Crippen LogP contribution in [-0.4, -0.2) is 88.9 Å². The number of nitrogens with zero attached hydrogens (tertiary/aromatic N) is 4. The van der Waals surface area contributed by atoms with Gasteiger partial charge in [-0.25, -0.2) is 21.9 Å². The second-order valence-corrected chi connectivity index (χ2v) is 10.8. The Kier molecular flexibility index (Phi) is 11.3. The van der Waals surface area contributed by atoms with Gasteiger partial charge in [0.1, 0.15) is 17.3 Å². The van der Waals surface area contributed by atoms with Crippen LogP contribution in [0.25, 0.3) is 5.65 Å². The first-order valence-electron chi connectivity index (χ1n) is 10.8. The zero-order chi connectivity index (χ0) is 31.9. The van der Waals surface area contributed by atoms with E-state index >= 15 is 0 Å². The van der Waals surface area contributed by atoms with Gasteiger partial charge in [-0.2, -0.15) is 27.7 Å². The maximum atomic E-state index is 13.5. The smallest absolute Gasteiger partial charge is 0.417 e. The van der Waals surface area contributed by atoms with Crippen LogP contribution < -0.4 is 24.2 Å². The van der Waals surface area contributed by atoms with E-state index < -0.39 is 77.8 Å². The summed E-state index contributed by atoms with van der Waals surface area (Å²) in [6.45, 7) is -1.76. The number of methoxy groups -OCH3 is 2. The van der Waals surface area contributed by atoms with Gasteiger partial charge in [0, 0.05) is 0 Å². The van der Waals surface area contributed by atoms with Crippen LogP contribution in [0.3, 0.4) is 0 Å². The molecule has 3 aromatic rings. The number of alkyl halides is 5. The molecule has 0 amide bonds. The summed E-state index contributed by atoms with van der Waals surface area (Å²) in [7, 11) is -6.66. The summed E-state index contributed by atoms with van der Waals surface area (Å²) in [6, 6.07) is 1.99. The highest BCUT2D eigenvalue weighted by Crippen LogP contribution is 2.39. The maximum Gasteiger partial charge on any atom is 0.417 e. The van der Waals surface area contributed by atoms with E-state index in [-0.39, 0.29) is 17.4 Å². The Morgan fingerprint density at radius 3 is 2.36 bits per heavy atom. The number of aliphatic carboxylic acids is 1. The zero-order valence-electron chi connectivity index (χ0n) is 21.2. The highest BCUT2D eigenvalue weighted by molar-refractivity contribution is 7.92. The highest BCUT2D eigenvalue weighted by Gasteiger charge is 2.40. The number of sulfonamides is 1. The number of halogens is 5. The molecule has 0 aliphatic heterocycles. The molecule has 42 heavy (non-hydrogen) atoms. The fourth-order valence-electron chi connectivity index (χ4n) is 2.92. The predicted octanol–water partition coefficient (Wildman–Crippen LogP) is 1.40. The number of ether oxygens (including phenoxy) is 3. The lowest BCUT2D eigenvalue weighted by molar-refractivity contribution is -0.140. The second kappa shape index (κ2) is 13.9. The molecule has 3 rings (SSSR count). The monoisotopic (exact) mass is 652 g/mol. The number of benzene rings is 1. The van der Waals surface area contributed by atoms with Crippen LogP contribution >= 0.6 is 7.60 Å². The van der Waals surface area contributed by atoms with Gasteiger partial charge >= 0.3 is 25.8 Å². The minimum Gasteiger partial charge on any atom is -0.491 e. The minimum absolute atomic E-state index is 0.0559. The number of anilines is 1. The summed E-state index contributed by atoms with van der Waals surface area (Å²) in [5.41, 5.74) is -1.69. The second-order valence-electron chi connectivity index (χ2n) is 7.57. The Hall–Kier alpha value is -3.85. The fraction of sp³-hybridized carbons (Fsp3) is 0.368. The summed E-state index contributed by atoms with van der Waals surface area (Å²) in [5, 5.41) is 13.9. The van der Waals surface area contributed by atoms with E-state index in [1.165, 1.54) is 20.4 Å². The van der Waals surface area contributed by atoms with E-state index in [1.54, 1.807) is 4.72 Å². The standard InChI is InChI=1S/C16H14F5N5O5S.C3H8NO5P/c1-29-10-6-22-15(30-2)26-13(10)23-14(24-26)25-32(27,28)12-8(16(19,20)21)4-3-5-9(12)31-7-11(17)18;5-3(6)1-4-2-10(7,8)9/h3-6,11H,7H2,1-2H3,(H,24,25);4H,1-2H2,(H,5,6)(H2,7,8,9). The van der Waals surface area contributed by atoms with Crippen molar-refractivity contribution in [1.82, 2.24) is 24.9 Å². The Morgan fingerprint density at radius 1 is 1.17 bits per heavy atom. The number of carboxylic acids is 1. The van der Waals surface area contributed by atoms with Crippen LogP contribution in [0.5, 0.6) is 17.5 Å². The molecule has 0 atom stereocenters. The summed E-state index contributed by atoms with van der Waals surface area (Å²) >= 11 is 0. The number of hydrogen-bond acceptors (Lipinski definition) is 11. The van der Waals surface area contributed by atoms with Crippen molar-refractivity contribution in [3.05, 3.63) is 30.0 Å². The summed E-state index contributed by atoms with van der Waals surface area (Å²) in [5.74, 6) is -2.67. The van der Waals surface area contributed by atoms with E-state index in [0.29, 0.717) is 6.07 Å². The quantitative estimate of drug-likeness (QED) is 0.138. The van der Waals surface area contributed by atoms with Crippen molar-refractivity contribution in [3.63, 3.8) is 0 Å². The molecule has 0 saturated heterocycles. The van der Waals surface area contributed by atoms with Crippen LogP contribution in [0.15, 0.2) is 29.3 Å². The van der Waals surface area contributed by atoms with Crippen molar-refractivity contribution in [2.75, 3.05) is 38.4 Å². The van der Waals surface area contributed by atoms with Crippen molar-refractivity contribution in [1.29, 1.82) is 0 Å². The Labute approximate surface area is 232 Å². The number of carboxylic acid groups (broad SMARTS) is 1. The Bertz CT molecular complexity index is 1510. The van der Waals surface area contributed by atoms with Crippen molar-refractivity contribution < 1.29 is 68.8 Å². The zero-order valence-corrected chi connectivity index (χ0v) is 23.0. The molecule has 23 heteroatoms. The minimum atomic E-state index is -5.14. The largest absolute Gasteiger partial charge is 0.491 e. The van der Waals surface area contributed by atoms with Gasteiger partial charge in [-0.3, -0.25) is 14.7 Å². The molecule has 0 radical (unpaired) electrons. The Morgan fingerprint density at radius 2 is 1.83 bits per heavy atom. The first kappa shape index (κ1) is 34.4. The molecule has 234 valence electrons. The molecule has 0 saturated carbocycles. The van der Waals surface area contributed by atoms with Crippen LogP contribution in [0.4, 0.5) is 27.9 Å². The number of nitrogens with one attached hydrogen (secondary N) is 2. The molecule has 16 nitrogen and oxygen atoms in total. The highest BCUT2D eigenvalue weighted by atomic mass is 32.2. The van der Waals surface area contributed by atoms with Gasteiger partial charge in [0.25, 0.3) is 22.4 Å². The van der Waals surface area contributed by atoms with Crippen molar-refractivity contribution >= 4 is 35.2 Å². The van der Waals surface area contributed by atoms with Crippen LogP contribution in [-0.2, 0) is 25.6 Å². The average molecular weight is 652 g/mol. The lowest BCUT2D eigenvalue weighted by Gasteiger charge is -2.17. The first-order valence-corrected chi connectivity index (χ1v) is 14.1. The molecule has 0 bridgehead atoms. The third-order valence-electron chi connectivity index (χ3n) is 4.44. The molecule has 0 aliphatic rings. The van der Waals surface area contributed by atoms with Crippen LogP contribution in [0.2, 0.25) is 0 Å². The van der Waals surface area contributed by atoms with Gasteiger partial charge in [-0.05, 0) is 12.1 Å². The third kappa shape index (κ3) is 9.62. The third-order valence-corrected chi connectivity index (χ3v) is 6.49. The van der Waals surface area contributed by atoms with Gasteiger partial charge in [-0.1, -0.05) is 6.07 Å². The molecular weight excluding hydrogens is 630 g/mol. The van der Waals surface area contributed by atoms with Gasteiger partial charge in [-0.15, -0.1) is 5.10 Å². The molecule has 5 N–H and O–H groups in total. The molecule has 0 fully saturated rings. The molecule has 0 unspecified atom stereocenters. The predicted molar refractivity (Wildman–Crippen MR) is 130 cm³/mol. The average Bonchev–Trinajstić information content (AvgIpc) is 3.28. The van der Waals surface area contributed by atoms with Crippen LogP contribution in [0.1, 0.15) is 5.56 Å². The summed E-state index contributed by atoms with van der Waals surface area (Å²) in [6.07, 6.45) is -7.59. The number of hydrogen-bond donors (Lipinski definition) is 5. The number of rotatable bonds is 12. The normalized spacial score (nSPS) is 12.0. The molecule has 2 aromatic heterocycles. The van der Waals surface area contributed by atoms with E-state index in [2.05, 4.69) is 25.1 Å². The SMILES string of the molecule is COc1cnc(OC)n2nc(NS(=O)(=O)c3c(OCC(F)F)cccc3C(F)(F)F)nc12.O=C(O)CNCP(=O)(O)O. The number of aromatic nitrogens is 4. The molecular formula is C19H22F5N6O10PS. The van der Waals surface area contributed by atoms with E-state index in [1.807, 2.05) is 0 Å². The summed E-state index contributed by atoms with van der Waals surface area (Å²) < 4.78 is 119. The van der Waals surface area contributed by atoms with E-state index in [9.17, 15) is 39.7 Å². The van der Waals surface area contributed by atoms with Gasteiger partial charge < -0.3 is 29.1 Å². The molecule has 1 aromatic carbocycles. The van der Waals surface area contributed by atoms with Crippen LogP contribution in [0, 0.1) is 0 Å². The Balaban J connectivity index is 0.000000528. The van der Waals surface area contributed by atoms with Gasteiger partial charge in [0.15, 0.2) is 5.75 Å². The van der Waals surface area contributed by atoms with Gasteiger partial charge in [0.2, 0.25) is 5.65 Å². The van der Waals surface area contributed by atoms with Crippen molar-refractivity contribution in [2.24, 2.45) is 0 Å². The van der Waals surface area contributed by atoms with E-state index in [0.717, 1.165) is 16.6 Å². The molecule has 0 spiro atoms. The van der Waals surface area contributed by atoms with Crippen molar-refractivity contribution in [3.8, 4) is 17.5 Å². The van der Waals surface area contributed by atoms with Crippen molar-refractivity contribution in [2.45, 2.75) is 17.5 Å². The van der Waals surface area contributed by atoms with E-state index in [4.69, 9.17) is 24.4 Å². The van der Waals surface area contributed by atoms with Gasteiger partial charge in [0.05, 0.1) is 38.8 Å². The molecule has 2 heterocycles. The topological polar surface area (TPSA) is 224 Å².